The second kappa shape index (κ2) is 11.0. The van der Waals surface area contributed by atoms with Crippen molar-refractivity contribution in [1.82, 2.24) is 0 Å². The van der Waals surface area contributed by atoms with Gasteiger partial charge in [-0.2, -0.15) is 0 Å². The fraction of sp³-hybridized carbons (Fsp3) is 0.500. The Bertz CT molecular complexity index is 116. The molecule has 0 saturated carbocycles. The summed E-state index contributed by atoms with van der Waals surface area (Å²) in [7, 11) is 4.31. The third-order valence-electron chi connectivity index (χ3n) is 1.25. The number of hydrogen-bond acceptors (Lipinski definition) is 1. The van der Waals surface area contributed by atoms with Crippen LogP contribution in [-0.2, 0) is 19.8 Å². The molecule has 0 radical (unpaired) electrons. The van der Waals surface area contributed by atoms with Crippen molar-refractivity contribution in [3.8, 4) is 0 Å². The summed E-state index contributed by atoms with van der Waals surface area (Å²) in [5.74, 6) is 0. The molecule has 12 heavy (non-hydrogen) atoms. The maximum atomic E-state index is 8.00. The zero-order valence-electron chi connectivity index (χ0n) is 7.57. The summed E-state index contributed by atoms with van der Waals surface area (Å²) in [6.07, 6.45) is 3.87. The molecule has 0 unspecified atom stereocenters. The molecule has 2 nitrogen and oxygen atoms in total. The number of quaternary nitrogens is 1. The predicted molar refractivity (Wildman–Crippen MR) is 42.9 cm³/mol. The topological polar surface area (TPSA) is 17.1 Å². The van der Waals surface area contributed by atoms with Crippen molar-refractivity contribution in [2.24, 2.45) is 0 Å². The van der Waals surface area contributed by atoms with Crippen LogP contribution in [-0.4, -0.2) is 31.7 Å². The van der Waals surface area contributed by atoms with Crippen molar-refractivity contribution in [3.63, 3.8) is 0 Å². The Morgan fingerprint density at radius 1 is 1.17 bits per heavy atom. The van der Waals surface area contributed by atoms with Crippen LogP contribution in [0.4, 0.5) is 0 Å². The summed E-state index contributed by atoms with van der Waals surface area (Å²) in [5.41, 5.74) is 0. The van der Waals surface area contributed by atoms with E-state index in [9.17, 15) is 0 Å². The van der Waals surface area contributed by atoms with Gasteiger partial charge in [0.25, 0.3) is 0 Å². The monoisotopic (exact) mass is 233 g/mol. The molecule has 0 aliphatic heterocycles. The average molecular weight is 234 g/mol. The van der Waals surface area contributed by atoms with Gasteiger partial charge in [-0.15, -0.1) is 0 Å². The van der Waals surface area contributed by atoms with E-state index in [1.807, 2.05) is 28.1 Å². The van der Waals surface area contributed by atoms with Gasteiger partial charge in [0.1, 0.15) is 0 Å². The predicted octanol–water partition coefficient (Wildman–Crippen LogP) is -1.68. The van der Waals surface area contributed by atoms with Crippen molar-refractivity contribution >= 4 is 0 Å². The van der Waals surface area contributed by atoms with Gasteiger partial charge in [0.15, 0.2) is 0 Å². The van der Waals surface area contributed by atoms with Gasteiger partial charge >= 0.3 is 19.8 Å². The zero-order valence-corrected chi connectivity index (χ0v) is 9.43. The van der Waals surface area contributed by atoms with Gasteiger partial charge in [0.05, 0.1) is 27.2 Å². The Morgan fingerprint density at radius 2 is 1.42 bits per heavy atom. The Kier molecular flexibility index (Phi) is 16.5. The summed E-state index contributed by atoms with van der Waals surface area (Å²) in [4.78, 5) is 0. The molecule has 0 spiro atoms. The molecule has 0 aromatic carbocycles. The first-order valence-electron chi connectivity index (χ1n) is 3.30. The standard InChI is InChI=1S/C8H16N.ClH.Fe.O/c1-5-7-9(3,4)8-6-2;;;/h5-6H,1-2,7-8H2,3-4H3;1H;;/q+1;;;/p-1. The molecule has 74 valence electrons. The molecule has 0 N–H and O–H groups in total. The molecule has 0 fully saturated rings. The van der Waals surface area contributed by atoms with E-state index >= 15 is 0 Å². The van der Waals surface area contributed by atoms with E-state index in [1.54, 1.807) is 0 Å². The van der Waals surface area contributed by atoms with Gasteiger partial charge in [-0.05, 0) is 12.2 Å². The van der Waals surface area contributed by atoms with Crippen LogP contribution < -0.4 is 12.4 Å². The Morgan fingerprint density at radius 3 is 1.58 bits per heavy atom. The van der Waals surface area contributed by atoms with Gasteiger partial charge in [-0.25, -0.2) is 0 Å². The molecule has 0 aliphatic carbocycles. The third kappa shape index (κ3) is 12.7. The fourth-order valence-electron chi connectivity index (χ4n) is 0.774. The zero-order chi connectivity index (χ0) is 9.33. The average Bonchev–Trinajstić information content (AvgIpc) is 1.91. The number of hydrogen-bond donors (Lipinski definition) is 0. The van der Waals surface area contributed by atoms with Gasteiger partial charge in [-0.1, -0.05) is 13.2 Å². The van der Waals surface area contributed by atoms with Crippen LogP contribution in [0.15, 0.2) is 25.3 Å². The quantitative estimate of drug-likeness (QED) is 0.322. The summed E-state index contributed by atoms with van der Waals surface area (Å²) >= 11 is 2.00. The molecule has 0 atom stereocenters. The second-order valence-corrected chi connectivity index (χ2v) is 2.88. The number of halogens is 1. The number of nitrogens with zero attached hydrogens (tertiary/aromatic N) is 1. The van der Waals surface area contributed by atoms with Crippen LogP contribution in [0.5, 0.6) is 0 Å². The first-order chi connectivity index (χ1) is 5.12. The molecule has 4 heteroatoms. The maximum absolute atomic E-state index is 8.00. The fourth-order valence-corrected chi connectivity index (χ4v) is 0.774. The molecule has 0 aliphatic rings. The van der Waals surface area contributed by atoms with Crippen molar-refractivity contribution < 1.29 is 36.7 Å². The Labute approximate surface area is 89.3 Å². The van der Waals surface area contributed by atoms with Crippen molar-refractivity contribution in [1.29, 1.82) is 0 Å². The van der Waals surface area contributed by atoms with E-state index in [2.05, 4.69) is 27.3 Å². The Balaban J connectivity index is -0.000000249. The third-order valence-corrected chi connectivity index (χ3v) is 1.25. The molecule has 0 amide bonds. The van der Waals surface area contributed by atoms with Gasteiger partial charge in [-0.3, -0.25) is 0 Å². The normalized spacial score (nSPS) is 8.58. The number of rotatable bonds is 4. The summed E-state index contributed by atoms with van der Waals surface area (Å²) in [6.45, 7) is 9.37. The minimum absolute atomic E-state index is 0. The van der Waals surface area contributed by atoms with E-state index in [0.29, 0.717) is 0 Å². The van der Waals surface area contributed by atoms with Crippen LogP contribution in [0.2, 0.25) is 0 Å². The SMILES string of the molecule is C=CC[N+](C)(C)CC=C.[Cl-].[O]=[Fe]. The van der Waals surface area contributed by atoms with Crippen LogP contribution in [0.3, 0.4) is 0 Å². The van der Waals surface area contributed by atoms with Crippen molar-refractivity contribution in [2.75, 3.05) is 27.2 Å². The van der Waals surface area contributed by atoms with E-state index in [0.717, 1.165) is 17.6 Å². The summed E-state index contributed by atoms with van der Waals surface area (Å²) < 4.78 is 8.95. The molecule has 0 aromatic heterocycles. The van der Waals surface area contributed by atoms with Crippen LogP contribution in [0.25, 0.3) is 0 Å². The molecule has 0 rings (SSSR count). The minimum atomic E-state index is 0. The van der Waals surface area contributed by atoms with Gasteiger partial charge in [0, 0.05) is 0 Å². The van der Waals surface area contributed by atoms with E-state index in [1.165, 1.54) is 0 Å². The van der Waals surface area contributed by atoms with Crippen LogP contribution >= 0.6 is 0 Å². The van der Waals surface area contributed by atoms with Crippen molar-refractivity contribution in [2.45, 2.75) is 0 Å². The molecule has 0 aromatic rings. The summed E-state index contributed by atoms with van der Waals surface area (Å²) in [5, 5.41) is 0. The van der Waals surface area contributed by atoms with Gasteiger partial charge < -0.3 is 16.9 Å². The van der Waals surface area contributed by atoms with Crippen LogP contribution in [0.1, 0.15) is 0 Å². The molecule has 0 saturated heterocycles. The second-order valence-electron chi connectivity index (χ2n) is 2.88. The molecular weight excluding hydrogens is 217 g/mol. The van der Waals surface area contributed by atoms with Gasteiger partial charge in [0.2, 0.25) is 0 Å². The summed E-state index contributed by atoms with van der Waals surface area (Å²) in [6, 6.07) is 0. The Hall–Kier alpha value is 0.0495. The van der Waals surface area contributed by atoms with Crippen LogP contribution in [0, 0.1) is 0 Å². The molecular formula is C8H16ClFeNO. The van der Waals surface area contributed by atoms with E-state index < -0.39 is 0 Å². The number of likely N-dealkylation sites (N-methyl/N-ethyl adjacent to an activating group) is 1. The van der Waals surface area contributed by atoms with E-state index in [4.69, 9.17) is 3.83 Å². The molecule has 0 heterocycles. The first kappa shape index (κ1) is 18.0. The van der Waals surface area contributed by atoms with Crippen molar-refractivity contribution in [3.05, 3.63) is 25.3 Å². The first-order valence-corrected chi connectivity index (χ1v) is 3.75. The molecule has 0 bridgehead atoms. The van der Waals surface area contributed by atoms with E-state index in [-0.39, 0.29) is 12.4 Å².